The van der Waals surface area contributed by atoms with Crippen molar-refractivity contribution in [3.8, 4) is 6.07 Å². The number of nitrogens with zero attached hydrogens (tertiary/aromatic N) is 1. The van der Waals surface area contributed by atoms with Crippen LogP contribution in [-0.4, -0.2) is 6.54 Å². The van der Waals surface area contributed by atoms with Crippen molar-refractivity contribution in [1.82, 2.24) is 5.32 Å². The number of nitriles is 1. The molecule has 66 valence electrons. The molecule has 1 aliphatic heterocycles. The Morgan fingerprint density at radius 1 is 1.54 bits per heavy atom. The Bertz CT molecular complexity index is 364. The first kappa shape index (κ1) is 8.21. The lowest BCUT2D eigenvalue weighted by molar-refractivity contribution is 0.381. The summed E-state index contributed by atoms with van der Waals surface area (Å²) in [6, 6.07) is 6.84. The summed E-state index contributed by atoms with van der Waals surface area (Å²) in [5.74, 6) is -0.422. The van der Waals surface area contributed by atoms with E-state index in [1.165, 1.54) is 6.07 Å². The van der Waals surface area contributed by atoms with Crippen LogP contribution in [0.5, 0.6) is 0 Å². The monoisotopic (exact) mass is 176 g/mol. The maximum absolute atomic E-state index is 13.1. The standard InChI is InChI=1S/C10H9FN2/c11-9-3-1-2-7(8(9)6-12)10-4-5-13-10/h1-3,10,13H,4-5H2/t10-/m1/s1. The number of benzene rings is 1. The molecule has 0 radical (unpaired) electrons. The summed E-state index contributed by atoms with van der Waals surface area (Å²) >= 11 is 0. The zero-order valence-corrected chi connectivity index (χ0v) is 7.05. The Balaban J connectivity index is 2.44. The van der Waals surface area contributed by atoms with E-state index in [-0.39, 0.29) is 11.6 Å². The van der Waals surface area contributed by atoms with Crippen LogP contribution in [0.4, 0.5) is 4.39 Å². The molecular formula is C10H9FN2. The van der Waals surface area contributed by atoms with Crippen LogP contribution in [0.15, 0.2) is 18.2 Å². The molecule has 0 saturated carbocycles. The molecule has 13 heavy (non-hydrogen) atoms. The Morgan fingerprint density at radius 2 is 2.31 bits per heavy atom. The lowest BCUT2D eigenvalue weighted by Crippen LogP contribution is -2.35. The molecule has 0 bridgehead atoms. The zero-order chi connectivity index (χ0) is 9.26. The van der Waals surface area contributed by atoms with Crippen LogP contribution >= 0.6 is 0 Å². The number of hydrogen-bond acceptors (Lipinski definition) is 2. The fourth-order valence-electron chi connectivity index (χ4n) is 1.50. The van der Waals surface area contributed by atoms with Crippen LogP contribution in [0.3, 0.4) is 0 Å². The fraction of sp³-hybridized carbons (Fsp3) is 0.300. The highest BCUT2D eigenvalue weighted by Crippen LogP contribution is 2.26. The van der Waals surface area contributed by atoms with Crippen molar-refractivity contribution >= 4 is 0 Å². The fourth-order valence-corrected chi connectivity index (χ4v) is 1.50. The maximum atomic E-state index is 13.1. The van der Waals surface area contributed by atoms with Crippen LogP contribution in [0.1, 0.15) is 23.6 Å². The third-order valence-electron chi connectivity index (χ3n) is 2.36. The molecule has 1 N–H and O–H groups in total. The molecule has 1 aromatic carbocycles. The van der Waals surface area contributed by atoms with E-state index in [0.717, 1.165) is 18.5 Å². The molecular weight excluding hydrogens is 167 g/mol. The van der Waals surface area contributed by atoms with Crippen molar-refractivity contribution in [2.45, 2.75) is 12.5 Å². The van der Waals surface area contributed by atoms with Gasteiger partial charge in [0, 0.05) is 6.04 Å². The van der Waals surface area contributed by atoms with E-state index >= 15 is 0 Å². The highest BCUT2D eigenvalue weighted by Gasteiger charge is 2.22. The summed E-state index contributed by atoms with van der Waals surface area (Å²) in [6.45, 7) is 0.950. The summed E-state index contributed by atoms with van der Waals surface area (Å²) in [5.41, 5.74) is 0.966. The summed E-state index contributed by atoms with van der Waals surface area (Å²) < 4.78 is 13.1. The van der Waals surface area contributed by atoms with Gasteiger partial charge in [-0.05, 0) is 24.6 Å². The molecule has 1 heterocycles. The molecule has 0 unspecified atom stereocenters. The molecule has 0 aromatic heterocycles. The van der Waals surface area contributed by atoms with Gasteiger partial charge in [-0.2, -0.15) is 5.26 Å². The summed E-state index contributed by atoms with van der Waals surface area (Å²) in [6.07, 6.45) is 0.984. The van der Waals surface area contributed by atoms with Gasteiger partial charge < -0.3 is 5.32 Å². The van der Waals surface area contributed by atoms with E-state index in [2.05, 4.69) is 5.32 Å². The Labute approximate surface area is 76.0 Å². The molecule has 2 rings (SSSR count). The van der Waals surface area contributed by atoms with Crippen molar-refractivity contribution in [1.29, 1.82) is 5.26 Å². The topological polar surface area (TPSA) is 35.8 Å². The second kappa shape index (κ2) is 3.15. The average molecular weight is 176 g/mol. The van der Waals surface area contributed by atoms with Gasteiger partial charge in [0.1, 0.15) is 11.9 Å². The first-order valence-electron chi connectivity index (χ1n) is 4.25. The molecule has 0 aliphatic carbocycles. The molecule has 1 fully saturated rings. The lowest BCUT2D eigenvalue weighted by Gasteiger charge is -2.28. The maximum Gasteiger partial charge on any atom is 0.141 e. The second-order valence-electron chi connectivity index (χ2n) is 3.11. The number of nitrogens with one attached hydrogen (secondary N) is 1. The van der Waals surface area contributed by atoms with Crippen molar-refractivity contribution in [2.75, 3.05) is 6.54 Å². The predicted octanol–water partition coefficient (Wildman–Crippen LogP) is 1.73. The van der Waals surface area contributed by atoms with Crippen molar-refractivity contribution < 1.29 is 4.39 Å². The van der Waals surface area contributed by atoms with Crippen LogP contribution in [-0.2, 0) is 0 Å². The minimum atomic E-state index is -0.422. The molecule has 0 amide bonds. The normalized spacial score (nSPS) is 20.5. The van der Waals surface area contributed by atoms with Crippen molar-refractivity contribution in [3.05, 3.63) is 35.1 Å². The van der Waals surface area contributed by atoms with Crippen LogP contribution in [0.25, 0.3) is 0 Å². The first-order valence-corrected chi connectivity index (χ1v) is 4.25. The third kappa shape index (κ3) is 1.30. The minimum Gasteiger partial charge on any atom is -0.310 e. The van der Waals surface area contributed by atoms with E-state index in [9.17, 15) is 4.39 Å². The van der Waals surface area contributed by atoms with Gasteiger partial charge in [0.15, 0.2) is 0 Å². The van der Waals surface area contributed by atoms with E-state index in [1.54, 1.807) is 12.1 Å². The highest BCUT2D eigenvalue weighted by molar-refractivity contribution is 5.41. The van der Waals surface area contributed by atoms with Gasteiger partial charge in [0.25, 0.3) is 0 Å². The van der Waals surface area contributed by atoms with Crippen LogP contribution in [0, 0.1) is 17.1 Å². The van der Waals surface area contributed by atoms with Crippen molar-refractivity contribution in [2.24, 2.45) is 0 Å². The molecule has 2 nitrogen and oxygen atoms in total. The Hall–Kier alpha value is -1.40. The SMILES string of the molecule is N#Cc1c(F)cccc1[C@H]1CCN1. The summed E-state index contributed by atoms with van der Waals surface area (Å²) in [4.78, 5) is 0. The van der Waals surface area contributed by atoms with Gasteiger partial charge in [-0.3, -0.25) is 0 Å². The van der Waals surface area contributed by atoms with Crippen molar-refractivity contribution in [3.63, 3.8) is 0 Å². The third-order valence-corrected chi connectivity index (χ3v) is 2.36. The summed E-state index contributed by atoms with van der Waals surface area (Å²) in [5, 5.41) is 11.9. The molecule has 1 aliphatic rings. The van der Waals surface area contributed by atoms with E-state index in [0.29, 0.717) is 0 Å². The first-order chi connectivity index (χ1) is 6.33. The van der Waals surface area contributed by atoms with Crippen LogP contribution in [0.2, 0.25) is 0 Å². The van der Waals surface area contributed by atoms with E-state index in [4.69, 9.17) is 5.26 Å². The Kier molecular flexibility index (Phi) is 1.99. The van der Waals surface area contributed by atoms with Gasteiger partial charge >= 0.3 is 0 Å². The molecule has 1 atom stereocenters. The highest BCUT2D eigenvalue weighted by atomic mass is 19.1. The predicted molar refractivity (Wildman–Crippen MR) is 46.5 cm³/mol. The van der Waals surface area contributed by atoms with Crippen LogP contribution < -0.4 is 5.32 Å². The molecule has 0 spiro atoms. The smallest absolute Gasteiger partial charge is 0.141 e. The summed E-state index contributed by atoms with van der Waals surface area (Å²) in [7, 11) is 0. The van der Waals surface area contributed by atoms with Gasteiger partial charge in [0.2, 0.25) is 0 Å². The molecule has 3 heteroatoms. The largest absolute Gasteiger partial charge is 0.310 e. The van der Waals surface area contributed by atoms with E-state index in [1.807, 2.05) is 6.07 Å². The number of hydrogen-bond donors (Lipinski definition) is 1. The number of rotatable bonds is 1. The van der Waals surface area contributed by atoms with Gasteiger partial charge in [-0.15, -0.1) is 0 Å². The quantitative estimate of drug-likeness (QED) is 0.707. The van der Waals surface area contributed by atoms with E-state index < -0.39 is 5.82 Å². The minimum absolute atomic E-state index is 0.172. The number of halogens is 1. The molecule has 1 aromatic rings. The van der Waals surface area contributed by atoms with Gasteiger partial charge in [-0.25, -0.2) is 4.39 Å². The van der Waals surface area contributed by atoms with Gasteiger partial charge in [-0.1, -0.05) is 12.1 Å². The molecule has 1 saturated heterocycles. The lowest BCUT2D eigenvalue weighted by atomic mass is 9.94. The average Bonchev–Trinajstić information content (AvgIpc) is 2.01. The second-order valence-corrected chi connectivity index (χ2v) is 3.11. The van der Waals surface area contributed by atoms with Gasteiger partial charge in [0.05, 0.1) is 5.56 Å². The zero-order valence-electron chi connectivity index (χ0n) is 7.05. The Morgan fingerprint density at radius 3 is 2.85 bits per heavy atom.